The fraction of sp³-hybridized carbons (Fsp3) is 0.182. The van der Waals surface area contributed by atoms with Crippen LogP contribution in [0.3, 0.4) is 0 Å². The standard InChI is InChI=1S/C22H20ClN5O3/c1-14-11-21(30)28-22(24-14)25-19(26-28)13-27(17-7-9-18(31-2)10-8-17)20(29)12-15-3-5-16(23)6-4-15/h3-11H,12-13H2,1-2H3,(H,24,25,26). The van der Waals surface area contributed by atoms with Gasteiger partial charge in [-0.1, -0.05) is 23.7 Å². The summed E-state index contributed by atoms with van der Waals surface area (Å²) in [5.74, 6) is 1.25. The normalized spacial score (nSPS) is 10.9. The van der Waals surface area contributed by atoms with Crippen LogP contribution in [-0.2, 0) is 17.8 Å². The smallest absolute Gasteiger partial charge is 0.274 e. The maximum absolute atomic E-state index is 13.2. The average molecular weight is 438 g/mol. The second-order valence-corrected chi connectivity index (χ2v) is 7.46. The number of aromatic amines is 1. The summed E-state index contributed by atoms with van der Waals surface area (Å²) < 4.78 is 6.48. The number of aryl methyl sites for hydroxylation is 1. The fourth-order valence-corrected chi connectivity index (χ4v) is 3.34. The number of H-pyrrole nitrogens is 1. The maximum atomic E-state index is 13.2. The van der Waals surface area contributed by atoms with Crippen molar-refractivity contribution in [1.29, 1.82) is 0 Å². The molecule has 0 aliphatic carbocycles. The number of aromatic nitrogens is 4. The molecule has 4 rings (SSSR count). The summed E-state index contributed by atoms with van der Waals surface area (Å²) >= 11 is 5.95. The minimum atomic E-state index is -0.260. The molecule has 0 fully saturated rings. The van der Waals surface area contributed by atoms with E-state index in [0.717, 1.165) is 5.56 Å². The lowest BCUT2D eigenvalue weighted by atomic mass is 10.1. The second kappa shape index (κ2) is 8.61. The molecule has 8 nitrogen and oxygen atoms in total. The number of fused-ring (bicyclic) bond motifs is 1. The first-order chi connectivity index (χ1) is 14.9. The Bertz CT molecular complexity index is 1280. The van der Waals surface area contributed by atoms with Crippen LogP contribution in [0.2, 0.25) is 5.02 Å². The lowest BCUT2D eigenvalue weighted by molar-refractivity contribution is -0.118. The van der Waals surface area contributed by atoms with Crippen LogP contribution in [0.15, 0.2) is 59.4 Å². The number of benzene rings is 2. The first-order valence-corrected chi connectivity index (χ1v) is 9.95. The molecule has 158 valence electrons. The quantitative estimate of drug-likeness (QED) is 0.500. The summed E-state index contributed by atoms with van der Waals surface area (Å²) in [4.78, 5) is 35.7. The number of amides is 1. The predicted molar refractivity (Wildman–Crippen MR) is 118 cm³/mol. The highest BCUT2D eigenvalue weighted by atomic mass is 35.5. The number of hydrogen-bond donors (Lipinski definition) is 1. The second-order valence-electron chi connectivity index (χ2n) is 7.02. The average Bonchev–Trinajstić information content (AvgIpc) is 3.16. The van der Waals surface area contributed by atoms with E-state index < -0.39 is 0 Å². The van der Waals surface area contributed by atoms with Gasteiger partial charge in [0.1, 0.15) is 11.6 Å². The minimum absolute atomic E-state index is 0.135. The number of anilines is 1. The number of hydrogen-bond acceptors (Lipinski definition) is 5. The van der Waals surface area contributed by atoms with Gasteiger partial charge in [-0.2, -0.15) is 9.50 Å². The summed E-state index contributed by atoms with van der Waals surface area (Å²) in [6.45, 7) is 1.87. The third-order valence-corrected chi connectivity index (χ3v) is 5.02. The van der Waals surface area contributed by atoms with Gasteiger partial charge in [0.25, 0.3) is 11.3 Å². The summed E-state index contributed by atoms with van der Waals surface area (Å²) in [7, 11) is 1.58. The van der Waals surface area contributed by atoms with Crippen molar-refractivity contribution in [3.8, 4) is 5.75 Å². The van der Waals surface area contributed by atoms with E-state index in [1.54, 1.807) is 55.3 Å². The zero-order chi connectivity index (χ0) is 22.0. The largest absolute Gasteiger partial charge is 0.497 e. The van der Waals surface area contributed by atoms with E-state index in [2.05, 4.69) is 15.1 Å². The zero-order valence-corrected chi connectivity index (χ0v) is 17.8. The van der Waals surface area contributed by atoms with Gasteiger partial charge < -0.3 is 9.64 Å². The summed E-state index contributed by atoms with van der Waals surface area (Å²) in [5, 5.41) is 3.54. The number of carbonyl (C=O) groups is 1. The van der Waals surface area contributed by atoms with Crippen molar-refractivity contribution in [1.82, 2.24) is 19.6 Å². The molecule has 0 saturated carbocycles. The highest BCUT2D eigenvalue weighted by Gasteiger charge is 2.19. The van der Waals surface area contributed by atoms with Gasteiger partial charge in [-0.3, -0.25) is 14.7 Å². The number of carbonyl (C=O) groups excluding carboxylic acids is 1. The van der Waals surface area contributed by atoms with Crippen molar-refractivity contribution >= 4 is 29.0 Å². The van der Waals surface area contributed by atoms with Crippen molar-refractivity contribution in [3.05, 3.63) is 87.1 Å². The fourth-order valence-electron chi connectivity index (χ4n) is 3.22. The van der Waals surface area contributed by atoms with Crippen molar-refractivity contribution in [2.45, 2.75) is 19.9 Å². The Morgan fingerprint density at radius 1 is 1.13 bits per heavy atom. The van der Waals surface area contributed by atoms with Crippen molar-refractivity contribution < 1.29 is 9.53 Å². The summed E-state index contributed by atoms with van der Waals surface area (Å²) in [6, 6.07) is 15.7. The molecule has 2 aromatic heterocycles. The Morgan fingerprint density at radius 2 is 1.84 bits per heavy atom. The molecule has 0 saturated heterocycles. The molecular formula is C22H20ClN5O3. The van der Waals surface area contributed by atoms with Crippen molar-refractivity contribution in [3.63, 3.8) is 0 Å². The van der Waals surface area contributed by atoms with E-state index in [9.17, 15) is 9.59 Å². The molecule has 9 heteroatoms. The van der Waals surface area contributed by atoms with E-state index in [-0.39, 0.29) is 30.2 Å². The van der Waals surface area contributed by atoms with E-state index >= 15 is 0 Å². The van der Waals surface area contributed by atoms with Crippen LogP contribution in [0.4, 0.5) is 5.69 Å². The first-order valence-electron chi connectivity index (χ1n) is 9.57. The highest BCUT2D eigenvalue weighted by Crippen LogP contribution is 2.22. The monoisotopic (exact) mass is 437 g/mol. The maximum Gasteiger partial charge on any atom is 0.274 e. The molecule has 0 bridgehead atoms. The Hall–Kier alpha value is -3.65. The summed E-state index contributed by atoms with van der Waals surface area (Å²) in [6.07, 6.45) is 0.181. The lowest BCUT2D eigenvalue weighted by Crippen LogP contribution is -2.32. The van der Waals surface area contributed by atoms with Crippen LogP contribution in [-0.4, -0.2) is 32.6 Å². The molecule has 31 heavy (non-hydrogen) atoms. The number of methoxy groups -OCH3 is 1. The van der Waals surface area contributed by atoms with Gasteiger partial charge in [-0.15, -0.1) is 0 Å². The number of ether oxygens (including phenoxy) is 1. The van der Waals surface area contributed by atoms with Crippen LogP contribution in [0, 0.1) is 6.92 Å². The number of nitrogens with one attached hydrogen (secondary N) is 1. The van der Waals surface area contributed by atoms with Gasteiger partial charge in [0.2, 0.25) is 5.91 Å². The molecule has 2 heterocycles. The van der Waals surface area contributed by atoms with Crippen molar-refractivity contribution in [2.24, 2.45) is 0 Å². The predicted octanol–water partition coefficient (Wildman–Crippen LogP) is 3.16. The SMILES string of the molecule is COc1ccc(N(Cc2nc3nc(C)cc(=O)n3[nH]2)C(=O)Cc2ccc(Cl)cc2)cc1. The van der Waals surface area contributed by atoms with Gasteiger partial charge in [-0.05, 0) is 48.9 Å². The molecule has 2 aromatic carbocycles. The van der Waals surface area contributed by atoms with Crippen LogP contribution in [0.1, 0.15) is 17.1 Å². The third-order valence-electron chi connectivity index (χ3n) is 4.77. The van der Waals surface area contributed by atoms with Gasteiger partial charge in [0.15, 0.2) is 0 Å². The van der Waals surface area contributed by atoms with E-state index in [1.807, 2.05) is 12.1 Å². The molecule has 0 aliphatic rings. The third kappa shape index (κ3) is 4.59. The van der Waals surface area contributed by atoms with E-state index in [1.165, 1.54) is 10.6 Å². The van der Waals surface area contributed by atoms with Crippen LogP contribution in [0.25, 0.3) is 5.78 Å². The molecule has 4 aromatic rings. The number of rotatable bonds is 6. The molecule has 0 aliphatic heterocycles. The molecule has 0 atom stereocenters. The Morgan fingerprint density at radius 3 is 2.52 bits per heavy atom. The molecule has 0 spiro atoms. The topological polar surface area (TPSA) is 92.6 Å². The van der Waals surface area contributed by atoms with Crippen LogP contribution in [0.5, 0.6) is 5.75 Å². The Kier molecular flexibility index (Phi) is 5.73. The first kappa shape index (κ1) is 20.6. The summed E-state index contributed by atoms with van der Waals surface area (Å²) in [5.41, 5.74) is 1.83. The number of halogens is 1. The van der Waals surface area contributed by atoms with E-state index in [0.29, 0.717) is 28.0 Å². The molecule has 0 unspecified atom stereocenters. The van der Waals surface area contributed by atoms with Gasteiger partial charge in [0.05, 0.1) is 20.1 Å². The molecule has 1 amide bonds. The van der Waals surface area contributed by atoms with Crippen LogP contribution < -0.4 is 15.2 Å². The molecule has 1 N–H and O–H groups in total. The minimum Gasteiger partial charge on any atom is -0.497 e. The highest BCUT2D eigenvalue weighted by molar-refractivity contribution is 6.30. The Balaban J connectivity index is 1.67. The van der Waals surface area contributed by atoms with Crippen LogP contribution >= 0.6 is 11.6 Å². The van der Waals surface area contributed by atoms with E-state index in [4.69, 9.17) is 16.3 Å². The van der Waals surface area contributed by atoms with Gasteiger partial charge in [0, 0.05) is 22.5 Å². The van der Waals surface area contributed by atoms with Gasteiger partial charge in [-0.25, -0.2) is 4.98 Å². The molecule has 0 radical (unpaired) electrons. The van der Waals surface area contributed by atoms with Crippen molar-refractivity contribution in [2.75, 3.05) is 12.0 Å². The zero-order valence-electron chi connectivity index (χ0n) is 17.0. The Labute approximate surface area is 183 Å². The lowest BCUT2D eigenvalue weighted by Gasteiger charge is -2.22. The van der Waals surface area contributed by atoms with Gasteiger partial charge >= 0.3 is 0 Å². The number of nitrogens with zero attached hydrogens (tertiary/aromatic N) is 4. The molecular weight excluding hydrogens is 418 g/mol.